The van der Waals surface area contributed by atoms with Crippen molar-refractivity contribution in [1.82, 2.24) is 0 Å². The molecule has 0 bridgehead atoms. The molecule has 5 heteroatoms. The molecule has 0 fully saturated rings. The predicted molar refractivity (Wildman–Crippen MR) is 88.1 cm³/mol. The van der Waals surface area contributed by atoms with Gasteiger partial charge in [-0.1, -0.05) is 30.2 Å². The topological polar surface area (TPSA) is 38.0 Å². The van der Waals surface area contributed by atoms with E-state index in [1.807, 2.05) is 23.9 Å². The Labute approximate surface area is 124 Å². The maximum Gasteiger partial charge on any atom is 0.106 e. The van der Waals surface area contributed by atoms with Crippen LogP contribution < -0.4 is 11.1 Å². The second-order valence-corrected chi connectivity index (χ2v) is 5.90. The summed E-state index contributed by atoms with van der Waals surface area (Å²) in [6.07, 6.45) is 5.80. The van der Waals surface area contributed by atoms with Crippen molar-refractivity contribution in [2.45, 2.75) is 19.3 Å². The van der Waals surface area contributed by atoms with Crippen LogP contribution in [0.2, 0.25) is 5.02 Å². The average molecular weight is 303 g/mol. The van der Waals surface area contributed by atoms with Crippen LogP contribution in [0.25, 0.3) is 0 Å². The number of nitrogens with two attached hydrogens (primary N) is 1. The van der Waals surface area contributed by atoms with E-state index in [1.165, 1.54) is 18.6 Å². The van der Waals surface area contributed by atoms with Gasteiger partial charge in [-0.3, -0.25) is 0 Å². The van der Waals surface area contributed by atoms with Crippen LogP contribution in [0.15, 0.2) is 18.2 Å². The van der Waals surface area contributed by atoms with Crippen molar-refractivity contribution in [3.8, 4) is 0 Å². The number of hydrogen-bond acceptors (Lipinski definition) is 3. The minimum absolute atomic E-state index is 0.377. The lowest BCUT2D eigenvalue weighted by Crippen LogP contribution is -2.13. The lowest BCUT2D eigenvalue weighted by molar-refractivity contribution is 0.750. The largest absolute Gasteiger partial charge is 0.389 e. The molecule has 1 aromatic carbocycles. The minimum atomic E-state index is 0.377. The fourth-order valence-corrected chi connectivity index (χ4v) is 2.48. The Kier molecular flexibility index (Phi) is 7.47. The van der Waals surface area contributed by atoms with Crippen LogP contribution in [-0.2, 0) is 0 Å². The van der Waals surface area contributed by atoms with Crippen molar-refractivity contribution in [3.05, 3.63) is 28.8 Å². The zero-order valence-corrected chi connectivity index (χ0v) is 12.9. The molecule has 2 nitrogen and oxygen atoms in total. The van der Waals surface area contributed by atoms with Gasteiger partial charge in [0.15, 0.2) is 0 Å². The number of thiocarbonyl (C=S) groups is 1. The van der Waals surface area contributed by atoms with Gasteiger partial charge in [0, 0.05) is 22.8 Å². The Hall–Kier alpha value is -0.450. The highest BCUT2D eigenvalue weighted by atomic mass is 35.5. The molecule has 3 N–H and O–H groups in total. The SMILES string of the molecule is CSCCCCCNc1ccc(Cl)cc1C(N)=S. The molecule has 0 aromatic heterocycles. The van der Waals surface area contributed by atoms with E-state index in [-0.39, 0.29) is 0 Å². The van der Waals surface area contributed by atoms with Gasteiger partial charge in [0.1, 0.15) is 4.99 Å². The molecule has 0 spiro atoms. The standard InChI is InChI=1S/C13H19ClN2S2/c1-18-8-4-2-3-7-16-12-6-5-10(14)9-11(12)13(15)17/h5-6,9,16H,2-4,7-8H2,1H3,(H2,15,17). The lowest BCUT2D eigenvalue weighted by Gasteiger charge is -2.11. The fraction of sp³-hybridized carbons (Fsp3) is 0.462. The van der Waals surface area contributed by atoms with Gasteiger partial charge in [-0.15, -0.1) is 0 Å². The monoisotopic (exact) mass is 302 g/mol. The van der Waals surface area contributed by atoms with Crippen molar-refractivity contribution < 1.29 is 0 Å². The van der Waals surface area contributed by atoms with Crippen molar-refractivity contribution >= 4 is 46.3 Å². The summed E-state index contributed by atoms with van der Waals surface area (Å²) in [6.45, 7) is 0.936. The summed E-state index contributed by atoms with van der Waals surface area (Å²) in [5, 5.41) is 4.02. The fourth-order valence-electron chi connectivity index (χ4n) is 1.65. The maximum absolute atomic E-state index is 5.93. The van der Waals surface area contributed by atoms with Crippen LogP contribution in [0, 0.1) is 0 Å². The summed E-state index contributed by atoms with van der Waals surface area (Å²) in [4.78, 5) is 0.377. The molecule has 1 rings (SSSR count). The second kappa shape index (κ2) is 8.62. The third-order valence-electron chi connectivity index (χ3n) is 2.59. The van der Waals surface area contributed by atoms with E-state index >= 15 is 0 Å². The van der Waals surface area contributed by atoms with Gasteiger partial charge >= 0.3 is 0 Å². The first-order chi connectivity index (χ1) is 8.65. The van der Waals surface area contributed by atoms with E-state index in [0.717, 1.165) is 24.2 Å². The Morgan fingerprint density at radius 1 is 1.39 bits per heavy atom. The zero-order valence-electron chi connectivity index (χ0n) is 10.5. The molecule has 0 saturated carbocycles. The van der Waals surface area contributed by atoms with Crippen molar-refractivity contribution in [3.63, 3.8) is 0 Å². The van der Waals surface area contributed by atoms with Crippen molar-refractivity contribution in [1.29, 1.82) is 0 Å². The summed E-state index contributed by atoms with van der Waals surface area (Å²) in [5.41, 5.74) is 7.47. The van der Waals surface area contributed by atoms with Crippen molar-refractivity contribution in [2.24, 2.45) is 5.73 Å². The number of anilines is 1. The summed E-state index contributed by atoms with van der Waals surface area (Å²) >= 11 is 12.9. The molecular formula is C13H19ClN2S2. The minimum Gasteiger partial charge on any atom is -0.389 e. The summed E-state index contributed by atoms with van der Waals surface area (Å²) in [6, 6.07) is 5.58. The van der Waals surface area contributed by atoms with Crippen LogP contribution in [0.5, 0.6) is 0 Å². The van der Waals surface area contributed by atoms with Crippen LogP contribution in [0.4, 0.5) is 5.69 Å². The van der Waals surface area contributed by atoms with E-state index in [9.17, 15) is 0 Å². The smallest absolute Gasteiger partial charge is 0.106 e. The highest BCUT2D eigenvalue weighted by Gasteiger charge is 2.05. The van der Waals surface area contributed by atoms with E-state index in [2.05, 4.69) is 11.6 Å². The first-order valence-corrected chi connectivity index (χ1v) is 8.15. The summed E-state index contributed by atoms with van der Waals surface area (Å²) in [5.74, 6) is 1.24. The van der Waals surface area contributed by atoms with Gasteiger partial charge in [-0.05, 0) is 43.0 Å². The third-order valence-corrected chi connectivity index (χ3v) is 3.74. The Balaban J connectivity index is 2.44. The number of benzene rings is 1. The molecule has 1 aromatic rings. The molecule has 0 heterocycles. The highest BCUT2D eigenvalue weighted by Crippen LogP contribution is 2.20. The average Bonchev–Trinajstić information content (AvgIpc) is 2.35. The number of unbranched alkanes of at least 4 members (excludes halogenated alkanes) is 2. The Morgan fingerprint density at radius 2 is 2.17 bits per heavy atom. The van der Waals surface area contributed by atoms with Crippen LogP contribution in [0.3, 0.4) is 0 Å². The predicted octanol–water partition coefficient (Wildman–Crippen LogP) is 3.92. The molecule has 0 radical (unpaired) electrons. The molecule has 0 atom stereocenters. The second-order valence-electron chi connectivity index (χ2n) is 4.03. The normalized spacial score (nSPS) is 10.3. The van der Waals surface area contributed by atoms with Crippen LogP contribution in [-0.4, -0.2) is 23.5 Å². The molecule has 0 aliphatic rings. The molecule has 100 valence electrons. The molecule has 0 saturated heterocycles. The molecule has 18 heavy (non-hydrogen) atoms. The number of hydrogen-bond donors (Lipinski definition) is 2. The van der Waals surface area contributed by atoms with Gasteiger partial charge in [-0.25, -0.2) is 0 Å². The van der Waals surface area contributed by atoms with E-state index in [0.29, 0.717) is 10.0 Å². The van der Waals surface area contributed by atoms with E-state index < -0.39 is 0 Å². The van der Waals surface area contributed by atoms with Gasteiger partial charge in [0.2, 0.25) is 0 Å². The number of rotatable bonds is 8. The summed E-state index contributed by atoms with van der Waals surface area (Å²) in [7, 11) is 0. The number of halogens is 1. The molecule has 0 aliphatic heterocycles. The lowest BCUT2D eigenvalue weighted by atomic mass is 10.1. The van der Waals surface area contributed by atoms with Gasteiger partial charge < -0.3 is 11.1 Å². The van der Waals surface area contributed by atoms with Gasteiger partial charge in [0.25, 0.3) is 0 Å². The highest BCUT2D eigenvalue weighted by molar-refractivity contribution is 7.98. The maximum atomic E-state index is 5.93. The van der Waals surface area contributed by atoms with Crippen LogP contribution in [0.1, 0.15) is 24.8 Å². The number of thioether (sulfide) groups is 1. The quantitative estimate of drug-likeness (QED) is 0.564. The van der Waals surface area contributed by atoms with E-state index in [1.54, 1.807) is 6.07 Å². The Bertz CT molecular complexity index is 397. The first kappa shape index (κ1) is 15.6. The van der Waals surface area contributed by atoms with Gasteiger partial charge in [-0.2, -0.15) is 11.8 Å². The number of nitrogens with one attached hydrogen (secondary N) is 1. The Morgan fingerprint density at radius 3 is 2.83 bits per heavy atom. The molecule has 0 amide bonds. The zero-order chi connectivity index (χ0) is 13.4. The summed E-state index contributed by atoms with van der Waals surface area (Å²) < 4.78 is 0. The van der Waals surface area contributed by atoms with E-state index in [4.69, 9.17) is 29.6 Å². The van der Waals surface area contributed by atoms with Crippen molar-refractivity contribution in [2.75, 3.05) is 23.9 Å². The third kappa shape index (κ3) is 5.46. The molecule has 0 aliphatic carbocycles. The first-order valence-electron chi connectivity index (χ1n) is 5.97. The molecular weight excluding hydrogens is 284 g/mol. The molecule has 0 unspecified atom stereocenters. The van der Waals surface area contributed by atoms with Gasteiger partial charge in [0.05, 0.1) is 0 Å². The van der Waals surface area contributed by atoms with Crippen LogP contribution >= 0.6 is 35.6 Å².